The highest BCUT2D eigenvalue weighted by Crippen LogP contribution is 2.05. The van der Waals surface area contributed by atoms with Gasteiger partial charge in [-0.25, -0.2) is 4.98 Å². The predicted molar refractivity (Wildman–Crippen MR) is 64.5 cm³/mol. The molecule has 0 aliphatic rings. The van der Waals surface area contributed by atoms with Crippen LogP contribution in [0.2, 0.25) is 0 Å². The van der Waals surface area contributed by atoms with Crippen molar-refractivity contribution in [2.75, 3.05) is 23.8 Å². The van der Waals surface area contributed by atoms with E-state index in [0.29, 0.717) is 23.6 Å². The molecule has 3 N–H and O–H groups in total. The first kappa shape index (κ1) is 12.6. The van der Waals surface area contributed by atoms with E-state index in [1.807, 2.05) is 6.92 Å². The largest absolute Gasteiger partial charge is 0.383 e. The van der Waals surface area contributed by atoms with Crippen molar-refractivity contribution in [3.8, 4) is 0 Å². The number of carbonyl (C=O) groups excluding carboxylic acids is 1. The summed E-state index contributed by atoms with van der Waals surface area (Å²) in [6.07, 6.45) is 1.53. The Hall–Kier alpha value is -1.43. The number of pyridine rings is 1. The second-order valence-corrected chi connectivity index (χ2v) is 4.99. The first-order valence-electron chi connectivity index (χ1n) is 4.98. The SMILES string of the molecule is CCS(=O)CCNC(=O)c1cccnc1N. The fourth-order valence-electron chi connectivity index (χ4n) is 1.13. The molecule has 0 radical (unpaired) electrons. The Bertz CT molecular complexity index is 395. The minimum absolute atomic E-state index is 0.205. The monoisotopic (exact) mass is 241 g/mol. The van der Waals surface area contributed by atoms with Gasteiger partial charge in [-0.2, -0.15) is 0 Å². The number of carbonyl (C=O) groups is 1. The predicted octanol–water partition coefficient (Wildman–Crippen LogP) is 0.162. The van der Waals surface area contributed by atoms with Crippen LogP contribution in [0.3, 0.4) is 0 Å². The smallest absolute Gasteiger partial charge is 0.255 e. The first-order chi connectivity index (χ1) is 7.65. The molecule has 0 fully saturated rings. The van der Waals surface area contributed by atoms with Gasteiger partial charge in [0.1, 0.15) is 5.82 Å². The van der Waals surface area contributed by atoms with Gasteiger partial charge >= 0.3 is 0 Å². The lowest BCUT2D eigenvalue weighted by Gasteiger charge is -2.05. The van der Waals surface area contributed by atoms with E-state index in [4.69, 9.17) is 5.73 Å². The number of nitrogens with zero attached hydrogens (tertiary/aromatic N) is 1. The van der Waals surface area contributed by atoms with E-state index in [1.165, 1.54) is 6.20 Å². The molecular formula is C10H15N3O2S. The molecular weight excluding hydrogens is 226 g/mol. The third-order valence-electron chi connectivity index (χ3n) is 2.02. The number of nitrogen functional groups attached to an aromatic ring is 1. The maximum Gasteiger partial charge on any atom is 0.255 e. The van der Waals surface area contributed by atoms with Gasteiger partial charge in [0.15, 0.2) is 0 Å². The van der Waals surface area contributed by atoms with Crippen LogP contribution < -0.4 is 11.1 Å². The number of hydrogen-bond donors (Lipinski definition) is 2. The number of hydrogen-bond acceptors (Lipinski definition) is 4. The maximum atomic E-state index is 11.6. The van der Waals surface area contributed by atoms with E-state index in [2.05, 4.69) is 10.3 Å². The Morgan fingerprint density at radius 2 is 2.38 bits per heavy atom. The van der Waals surface area contributed by atoms with Gasteiger partial charge in [0.25, 0.3) is 5.91 Å². The minimum Gasteiger partial charge on any atom is -0.383 e. The average molecular weight is 241 g/mol. The van der Waals surface area contributed by atoms with Crippen LogP contribution in [0, 0.1) is 0 Å². The summed E-state index contributed by atoms with van der Waals surface area (Å²) in [5.74, 6) is 0.989. The normalized spacial score (nSPS) is 12.1. The summed E-state index contributed by atoms with van der Waals surface area (Å²) < 4.78 is 11.1. The third-order valence-corrected chi connectivity index (χ3v) is 3.32. The van der Waals surface area contributed by atoms with E-state index in [1.54, 1.807) is 12.1 Å². The Balaban J connectivity index is 2.47. The fourth-order valence-corrected chi connectivity index (χ4v) is 1.75. The molecule has 16 heavy (non-hydrogen) atoms. The summed E-state index contributed by atoms with van der Waals surface area (Å²) in [5.41, 5.74) is 5.90. The van der Waals surface area contributed by atoms with Crippen LogP contribution in [-0.4, -0.2) is 33.2 Å². The molecule has 1 unspecified atom stereocenters. The summed E-state index contributed by atoms with van der Waals surface area (Å²) in [6.45, 7) is 2.23. The summed E-state index contributed by atoms with van der Waals surface area (Å²) in [6, 6.07) is 3.25. The molecule has 6 heteroatoms. The maximum absolute atomic E-state index is 11.6. The van der Waals surface area contributed by atoms with Crippen molar-refractivity contribution in [3.63, 3.8) is 0 Å². The number of nitrogens with one attached hydrogen (secondary N) is 1. The Morgan fingerprint density at radius 3 is 3.00 bits per heavy atom. The van der Waals surface area contributed by atoms with Crippen LogP contribution in [0.1, 0.15) is 17.3 Å². The molecule has 1 atom stereocenters. The third kappa shape index (κ3) is 3.62. The fraction of sp³-hybridized carbons (Fsp3) is 0.400. The molecule has 1 aromatic heterocycles. The van der Waals surface area contributed by atoms with Gasteiger partial charge in [-0.3, -0.25) is 9.00 Å². The van der Waals surface area contributed by atoms with Crippen LogP contribution >= 0.6 is 0 Å². The highest BCUT2D eigenvalue weighted by molar-refractivity contribution is 7.84. The average Bonchev–Trinajstić information content (AvgIpc) is 2.29. The Morgan fingerprint density at radius 1 is 1.62 bits per heavy atom. The molecule has 1 amide bonds. The number of anilines is 1. The van der Waals surface area contributed by atoms with Crippen LogP contribution in [0.5, 0.6) is 0 Å². The quantitative estimate of drug-likeness (QED) is 0.769. The number of rotatable bonds is 5. The second kappa shape index (κ2) is 6.22. The van der Waals surface area contributed by atoms with Crippen LogP contribution in [0.4, 0.5) is 5.82 Å². The molecule has 0 bridgehead atoms. The lowest BCUT2D eigenvalue weighted by molar-refractivity contribution is 0.0957. The number of aromatic nitrogens is 1. The highest BCUT2D eigenvalue weighted by atomic mass is 32.2. The van der Waals surface area contributed by atoms with Gasteiger partial charge < -0.3 is 11.1 Å². The zero-order valence-corrected chi connectivity index (χ0v) is 9.92. The number of nitrogens with two attached hydrogens (primary N) is 1. The van der Waals surface area contributed by atoms with Gasteiger partial charge in [0, 0.05) is 35.0 Å². The van der Waals surface area contributed by atoms with Crippen molar-refractivity contribution >= 4 is 22.5 Å². The molecule has 0 aliphatic heterocycles. The minimum atomic E-state index is -0.867. The van der Waals surface area contributed by atoms with Gasteiger partial charge in [-0.05, 0) is 12.1 Å². The molecule has 1 heterocycles. The van der Waals surface area contributed by atoms with Gasteiger partial charge in [-0.1, -0.05) is 6.92 Å². The van der Waals surface area contributed by atoms with Crippen LogP contribution in [0.15, 0.2) is 18.3 Å². The molecule has 0 spiro atoms. The summed E-state index contributed by atoms with van der Waals surface area (Å²) in [4.78, 5) is 15.4. The Labute approximate surface area is 96.9 Å². The molecule has 0 aromatic carbocycles. The van der Waals surface area contributed by atoms with Gasteiger partial charge in [0.05, 0.1) is 5.56 Å². The first-order valence-corrected chi connectivity index (χ1v) is 6.47. The summed E-state index contributed by atoms with van der Waals surface area (Å²) in [7, 11) is -0.867. The van der Waals surface area contributed by atoms with Gasteiger partial charge in [0.2, 0.25) is 0 Å². The van der Waals surface area contributed by atoms with Crippen molar-refractivity contribution in [1.29, 1.82) is 0 Å². The lowest BCUT2D eigenvalue weighted by atomic mass is 10.2. The molecule has 5 nitrogen and oxygen atoms in total. The lowest BCUT2D eigenvalue weighted by Crippen LogP contribution is -2.28. The van der Waals surface area contributed by atoms with E-state index in [9.17, 15) is 9.00 Å². The van der Waals surface area contributed by atoms with Gasteiger partial charge in [-0.15, -0.1) is 0 Å². The molecule has 0 saturated heterocycles. The van der Waals surface area contributed by atoms with Crippen molar-refractivity contribution in [3.05, 3.63) is 23.9 Å². The number of amides is 1. The van der Waals surface area contributed by atoms with Crippen molar-refractivity contribution < 1.29 is 9.00 Å². The molecule has 1 rings (SSSR count). The van der Waals surface area contributed by atoms with E-state index in [-0.39, 0.29) is 11.7 Å². The van der Waals surface area contributed by atoms with E-state index < -0.39 is 10.8 Å². The molecule has 0 saturated carbocycles. The summed E-state index contributed by atoms with van der Waals surface area (Å²) in [5, 5.41) is 2.65. The van der Waals surface area contributed by atoms with E-state index >= 15 is 0 Å². The topological polar surface area (TPSA) is 85.1 Å². The van der Waals surface area contributed by atoms with E-state index in [0.717, 1.165) is 0 Å². The van der Waals surface area contributed by atoms with Crippen molar-refractivity contribution in [2.45, 2.75) is 6.92 Å². The van der Waals surface area contributed by atoms with Crippen molar-refractivity contribution in [2.24, 2.45) is 0 Å². The molecule has 1 aromatic rings. The molecule has 88 valence electrons. The summed E-state index contributed by atoms with van der Waals surface area (Å²) >= 11 is 0. The zero-order chi connectivity index (χ0) is 12.0. The second-order valence-electron chi connectivity index (χ2n) is 3.12. The highest BCUT2D eigenvalue weighted by Gasteiger charge is 2.09. The Kier molecular flexibility index (Phi) is 4.91. The van der Waals surface area contributed by atoms with Crippen LogP contribution in [-0.2, 0) is 10.8 Å². The standard InChI is InChI=1S/C10H15N3O2S/c1-2-16(15)7-6-13-10(14)8-4-3-5-12-9(8)11/h3-5H,2,6-7H2,1H3,(H2,11,12)(H,13,14). The molecule has 0 aliphatic carbocycles. The zero-order valence-electron chi connectivity index (χ0n) is 9.10. The van der Waals surface area contributed by atoms with Crippen molar-refractivity contribution in [1.82, 2.24) is 10.3 Å². The van der Waals surface area contributed by atoms with Crippen LogP contribution in [0.25, 0.3) is 0 Å².